The van der Waals surface area contributed by atoms with Gasteiger partial charge in [-0.1, -0.05) is 18.9 Å². The lowest BCUT2D eigenvalue weighted by atomic mass is 9.74. The summed E-state index contributed by atoms with van der Waals surface area (Å²) in [5.74, 6) is 0. The molecule has 1 aromatic rings. The minimum atomic E-state index is 0.125. The molecule has 0 aliphatic carbocycles. The van der Waals surface area contributed by atoms with E-state index in [1.165, 1.54) is 31.4 Å². The molecule has 0 aromatic carbocycles. The van der Waals surface area contributed by atoms with Crippen molar-refractivity contribution >= 4 is 0 Å². The molecular weight excluding hydrogens is 224 g/mol. The highest BCUT2D eigenvalue weighted by Crippen LogP contribution is 2.36. The molecule has 1 atom stereocenters. The molecule has 3 nitrogen and oxygen atoms in total. The van der Waals surface area contributed by atoms with E-state index in [4.69, 9.17) is 10.5 Å². The van der Waals surface area contributed by atoms with Gasteiger partial charge in [0, 0.05) is 30.5 Å². The SMILES string of the molecule is NCC[C@]1(c2ccccn2)CCCCCOCC1. The van der Waals surface area contributed by atoms with Crippen LogP contribution < -0.4 is 5.73 Å². The molecule has 1 aromatic heterocycles. The zero-order valence-corrected chi connectivity index (χ0v) is 11.1. The maximum atomic E-state index is 5.84. The van der Waals surface area contributed by atoms with Gasteiger partial charge in [-0.3, -0.25) is 4.98 Å². The molecule has 0 radical (unpaired) electrons. The highest BCUT2D eigenvalue weighted by Gasteiger charge is 2.32. The number of nitrogens with two attached hydrogens (primary N) is 1. The number of hydrogen-bond donors (Lipinski definition) is 1. The van der Waals surface area contributed by atoms with Gasteiger partial charge in [0.25, 0.3) is 0 Å². The molecule has 18 heavy (non-hydrogen) atoms. The predicted octanol–water partition coefficient (Wildman–Crippen LogP) is 2.65. The van der Waals surface area contributed by atoms with Gasteiger partial charge in [-0.15, -0.1) is 0 Å². The van der Waals surface area contributed by atoms with Gasteiger partial charge < -0.3 is 10.5 Å². The van der Waals surface area contributed by atoms with Crippen LogP contribution in [0.25, 0.3) is 0 Å². The van der Waals surface area contributed by atoms with Crippen LogP contribution in [0.3, 0.4) is 0 Å². The summed E-state index contributed by atoms with van der Waals surface area (Å²) < 4.78 is 5.71. The van der Waals surface area contributed by atoms with Gasteiger partial charge in [0.2, 0.25) is 0 Å². The van der Waals surface area contributed by atoms with Crippen molar-refractivity contribution in [3.8, 4) is 0 Å². The maximum absolute atomic E-state index is 5.84. The highest BCUT2D eigenvalue weighted by molar-refractivity contribution is 5.17. The standard InChI is InChI=1S/C15H24N2O/c16-10-8-15(14-6-2-4-11-17-14)7-3-1-5-12-18-13-9-15/h2,4,6,11H,1,3,5,7-10,12-13,16H2/t15-/m1/s1. The van der Waals surface area contributed by atoms with Crippen molar-refractivity contribution in [1.29, 1.82) is 0 Å². The van der Waals surface area contributed by atoms with Crippen LogP contribution in [0.15, 0.2) is 24.4 Å². The summed E-state index contributed by atoms with van der Waals surface area (Å²) in [7, 11) is 0. The Morgan fingerprint density at radius 1 is 1.17 bits per heavy atom. The lowest BCUT2D eigenvalue weighted by Gasteiger charge is -2.33. The molecule has 2 heterocycles. The van der Waals surface area contributed by atoms with Crippen molar-refractivity contribution in [3.63, 3.8) is 0 Å². The largest absolute Gasteiger partial charge is 0.381 e. The van der Waals surface area contributed by atoms with Crippen molar-refractivity contribution in [2.24, 2.45) is 5.73 Å². The normalized spacial score (nSPS) is 26.1. The lowest BCUT2D eigenvalue weighted by molar-refractivity contribution is 0.114. The molecule has 0 saturated carbocycles. The maximum Gasteiger partial charge on any atom is 0.0475 e. The van der Waals surface area contributed by atoms with Crippen LogP contribution in [0.5, 0.6) is 0 Å². The third kappa shape index (κ3) is 3.30. The fourth-order valence-corrected chi connectivity index (χ4v) is 2.93. The summed E-state index contributed by atoms with van der Waals surface area (Å²) in [6.45, 7) is 2.45. The molecule has 2 rings (SSSR count). The predicted molar refractivity (Wildman–Crippen MR) is 73.5 cm³/mol. The number of aromatic nitrogens is 1. The van der Waals surface area contributed by atoms with E-state index < -0.39 is 0 Å². The number of ether oxygens (including phenoxy) is 1. The Labute approximate surface area is 110 Å². The third-order valence-electron chi connectivity index (χ3n) is 4.00. The first-order chi connectivity index (χ1) is 8.87. The molecule has 0 bridgehead atoms. The molecule has 1 aliphatic rings. The molecule has 1 fully saturated rings. The van der Waals surface area contributed by atoms with Crippen molar-refractivity contribution in [3.05, 3.63) is 30.1 Å². The van der Waals surface area contributed by atoms with E-state index in [2.05, 4.69) is 17.1 Å². The average Bonchev–Trinajstić information content (AvgIpc) is 2.53. The summed E-state index contributed by atoms with van der Waals surface area (Å²) in [4.78, 5) is 4.58. The summed E-state index contributed by atoms with van der Waals surface area (Å²) in [6.07, 6.45) is 8.81. The van der Waals surface area contributed by atoms with Crippen molar-refractivity contribution in [1.82, 2.24) is 4.98 Å². The summed E-state index contributed by atoms with van der Waals surface area (Å²) in [6, 6.07) is 6.20. The van der Waals surface area contributed by atoms with Crippen LogP contribution in [0.2, 0.25) is 0 Å². The number of pyridine rings is 1. The van der Waals surface area contributed by atoms with Crippen LogP contribution in [0.4, 0.5) is 0 Å². The van der Waals surface area contributed by atoms with Crippen LogP contribution >= 0.6 is 0 Å². The van der Waals surface area contributed by atoms with Gasteiger partial charge in [-0.05, 0) is 44.4 Å². The first-order valence-corrected chi connectivity index (χ1v) is 7.07. The van der Waals surface area contributed by atoms with Crippen molar-refractivity contribution in [2.75, 3.05) is 19.8 Å². The second-order valence-corrected chi connectivity index (χ2v) is 5.21. The highest BCUT2D eigenvalue weighted by atomic mass is 16.5. The molecule has 0 spiro atoms. The number of nitrogens with zero attached hydrogens (tertiary/aromatic N) is 1. The fourth-order valence-electron chi connectivity index (χ4n) is 2.93. The molecular formula is C15H24N2O. The molecule has 0 amide bonds. The minimum absolute atomic E-state index is 0.125. The molecule has 100 valence electrons. The Hall–Kier alpha value is -0.930. The summed E-state index contributed by atoms with van der Waals surface area (Å²) in [5.41, 5.74) is 7.16. The summed E-state index contributed by atoms with van der Waals surface area (Å²) >= 11 is 0. The van der Waals surface area contributed by atoms with Gasteiger partial charge in [0.15, 0.2) is 0 Å². The summed E-state index contributed by atoms with van der Waals surface area (Å²) in [5, 5.41) is 0. The second kappa shape index (κ2) is 6.86. The first kappa shape index (κ1) is 13.5. The van der Waals surface area contributed by atoms with Crippen LogP contribution in [0, 0.1) is 0 Å². The van der Waals surface area contributed by atoms with Crippen LogP contribution in [0.1, 0.15) is 44.2 Å². The van der Waals surface area contributed by atoms with E-state index in [9.17, 15) is 0 Å². The Balaban J connectivity index is 2.22. The Morgan fingerprint density at radius 2 is 2.11 bits per heavy atom. The van der Waals surface area contributed by atoms with Gasteiger partial charge in [-0.2, -0.15) is 0 Å². The van der Waals surface area contributed by atoms with Crippen LogP contribution in [-0.4, -0.2) is 24.7 Å². The van der Waals surface area contributed by atoms with Crippen molar-refractivity contribution in [2.45, 2.75) is 43.9 Å². The Morgan fingerprint density at radius 3 is 2.89 bits per heavy atom. The molecule has 3 heteroatoms. The fraction of sp³-hybridized carbons (Fsp3) is 0.667. The van der Waals surface area contributed by atoms with E-state index in [0.29, 0.717) is 0 Å². The van der Waals surface area contributed by atoms with E-state index in [0.717, 1.165) is 32.6 Å². The number of rotatable bonds is 3. The Bertz CT molecular complexity index is 330. The number of hydrogen-bond acceptors (Lipinski definition) is 3. The van der Waals surface area contributed by atoms with E-state index in [1.807, 2.05) is 12.3 Å². The molecule has 0 unspecified atom stereocenters. The lowest BCUT2D eigenvalue weighted by Crippen LogP contribution is -2.31. The van der Waals surface area contributed by atoms with Gasteiger partial charge in [0.1, 0.15) is 0 Å². The minimum Gasteiger partial charge on any atom is -0.381 e. The van der Waals surface area contributed by atoms with Crippen molar-refractivity contribution < 1.29 is 4.74 Å². The first-order valence-electron chi connectivity index (χ1n) is 7.07. The van der Waals surface area contributed by atoms with E-state index in [1.54, 1.807) is 0 Å². The second-order valence-electron chi connectivity index (χ2n) is 5.21. The zero-order valence-electron chi connectivity index (χ0n) is 11.1. The zero-order chi connectivity index (χ0) is 12.7. The topological polar surface area (TPSA) is 48.1 Å². The molecule has 1 saturated heterocycles. The Kier molecular flexibility index (Phi) is 5.14. The van der Waals surface area contributed by atoms with E-state index in [-0.39, 0.29) is 5.41 Å². The van der Waals surface area contributed by atoms with Gasteiger partial charge in [-0.25, -0.2) is 0 Å². The quantitative estimate of drug-likeness (QED) is 0.894. The third-order valence-corrected chi connectivity index (χ3v) is 4.00. The molecule has 1 aliphatic heterocycles. The van der Waals surface area contributed by atoms with Gasteiger partial charge in [0.05, 0.1) is 0 Å². The monoisotopic (exact) mass is 248 g/mol. The smallest absolute Gasteiger partial charge is 0.0475 e. The molecule has 2 N–H and O–H groups in total. The van der Waals surface area contributed by atoms with Crippen LogP contribution in [-0.2, 0) is 10.2 Å². The average molecular weight is 248 g/mol. The van der Waals surface area contributed by atoms with Gasteiger partial charge >= 0.3 is 0 Å². The van der Waals surface area contributed by atoms with E-state index >= 15 is 0 Å².